The number of nitrogens with zero attached hydrogens (tertiary/aromatic N) is 5. The highest BCUT2D eigenvalue weighted by Gasteiger charge is 2.31. The predicted octanol–water partition coefficient (Wildman–Crippen LogP) is 2.13. The Morgan fingerprint density at radius 3 is 2.86 bits per heavy atom. The smallest absolute Gasteiger partial charge is 0.101 e. The fraction of sp³-hybridized carbons (Fsp3) is 0.464. The monoisotopic (exact) mass is 502 g/mol. The lowest BCUT2D eigenvalue weighted by Gasteiger charge is -2.41. The highest BCUT2D eigenvalue weighted by molar-refractivity contribution is 5.95. The Kier molecular flexibility index (Phi) is 7.53. The van der Waals surface area contributed by atoms with Crippen molar-refractivity contribution in [3.8, 4) is 6.07 Å². The lowest BCUT2D eigenvalue weighted by Crippen LogP contribution is -2.57. The molecule has 2 fully saturated rings. The van der Waals surface area contributed by atoms with Crippen LogP contribution in [-0.4, -0.2) is 77.3 Å². The van der Waals surface area contributed by atoms with Crippen LogP contribution < -0.4 is 15.1 Å². The maximum atomic E-state index is 10.7. The Hall–Kier alpha value is -3.29. The molecule has 2 aliphatic rings. The average molecular weight is 503 g/mol. The first-order valence-corrected chi connectivity index (χ1v) is 12.9. The topological polar surface area (TPSA) is 118 Å². The third kappa shape index (κ3) is 5.53. The number of pyridine rings is 2. The van der Waals surface area contributed by atoms with Crippen LogP contribution >= 0.6 is 0 Å². The Balaban J connectivity index is 1.27. The molecule has 4 heterocycles. The molecule has 1 unspecified atom stereocenters. The summed E-state index contributed by atoms with van der Waals surface area (Å²) in [5, 5.41) is 34.3. The molecule has 9 nitrogen and oxygen atoms in total. The summed E-state index contributed by atoms with van der Waals surface area (Å²) in [4.78, 5) is 13.4. The molecule has 3 N–H and O–H groups in total. The van der Waals surface area contributed by atoms with Crippen molar-refractivity contribution in [3.63, 3.8) is 0 Å². The maximum absolute atomic E-state index is 10.7. The van der Waals surface area contributed by atoms with Crippen molar-refractivity contribution in [1.29, 1.82) is 5.26 Å². The lowest BCUT2D eigenvalue weighted by molar-refractivity contribution is -0.0187. The molecule has 2 aliphatic heterocycles. The van der Waals surface area contributed by atoms with E-state index in [1.165, 1.54) is 0 Å². The van der Waals surface area contributed by atoms with E-state index in [2.05, 4.69) is 38.1 Å². The summed E-state index contributed by atoms with van der Waals surface area (Å²) in [5.74, 6) is 0. The molecule has 4 atom stereocenters. The van der Waals surface area contributed by atoms with Crippen molar-refractivity contribution in [2.24, 2.45) is 0 Å². The van der Waals surface area contributed by atoms with Gasteiger partial charge in [0, 0.05) is 61.4 Å². The fourth-order valence-electron chi connectivity index (χ4n) is 5.52. The minimum Gasteiger partial charge on any atom is -0.391 e. The Morgan fingerprint density at radius 2 is 2.05 bits per heavy atom. The molecular formula is C28H34N6O3. The van der Waals surface area contributed by atoms with Crippen LogP contribution in [0.25, 0.3) is 10.9 Å². The first kappa shape index (κ1) is 25.4. The second-order valence-corrected chi connectivity index (χ2v) is 10.1. The zero-order valence-electron chi connectivity index (χ0n) is 21.3. The number of ether oxygens (including phenoxy) is 1. The van der Waals surface area contributed by atoms with E-state index in [-0.39, 0.29) is 24.9 Å². The summed E-state index contributed by atoms with van der Waals surface area (Å²) < 4.78 is 6.28. The first-order chi connectivity index (χ1) is 17.9. The first-order valence-electron chi connectivity index (χ1n) is 12.9. The van der Waals surface area contributed by atoms with Gasteiger partial charge in [0.05, 0.1) is 47.7 Å². The van der Waals surface area contributed by atoms with Crippen LogP contribution in [0.3, 0.4) is 0 Å². The third-order valence-electron chi connectivity index (χ3n) is 7.24. The molecule has 194 valence electrons. The fourth-order valence-corrected chi connectivity index (χ4v) is 5.52. The van der Waals surface area contributed by atoms with Crippen molar-refractivity contribution in [3.05, 3.63) is 59.5 Å². The number of rotatable bonds is 6. The summed E-state index contributed by atoms with van der Waals surface area (Å²) in [6, 6.07) is 13.8. The summed E-state index contributed by atoms with van der Waals surface area (Å²) in [7, 11) is 0. The lowest BCUT2D eigenvalue weighted by atomic mass is 10.0. The van der Waals surface area contributed by atoms with Crippen LogP contribution in [0.5, 0.6) is 0 Å². The van der Waals surface area contributed by atoms with Gasteiger partial charge in [-0.2, -0.15) is 5.26 Å². The summed E-state index contributed by atoms with van der Waals surface area (Å²) in [6.07, 6.45) is 1.91. The van der Waals surface area contributed by atoms with E-state index in [0.29, 0.717) is 37.3 Å². The van der Waals surface area contributed by atoms with Crippen molar-refractivity contribution >= 4 is 22.3 Å². The SMILES string of the molecule is Cc1cc(N2CC[C@@H](O)C(NC[C@H]3CN(c4ccc(C#N)c5ncccc45)C[C@@H](C)O3)C2)cc(CO)n1. The molecule has 0 amide bonds. The van der Waals surface area contributed by atoms with Gasteiger partial charge in [0.2, 0.25) is 0 Å². The van der Waals surface area contributed by atoms with Gasteiger partial charge < -0.3 is 30.1 Å². The Morgan fingerprint density at radius 1 is 1.19 bits per heavy atom. The number of aromatic nitrogens is 2. The number of nitriles is 1. The molecule has 2 saturated heterocycles. The molecule has 5 rings (SSSR count). The molecule has 0 aliphatic carbocycles. The largest absolute Gasteiger partial charge is 0.391 e. The zero-order chi connectivity index (χ0) is 25.9. The van der Waals surface area contributed by atoms with Crippen LogP contribution in [0.15, 0.2) is 42.6 Å². The van der Waals surface area contributed by atoms with Crippen LogP contribution in [-0.2, 0) is 11.3 Å². The van der Waals surface area contributed by atoms with E-state index in [1.807, 2.05) is 43.3 Å². The number of aryl methyl sites for hydroxylation is 1. The molecule has 2 aromatic heterocycles. The Labute approximate surface area is 217 Å². The molecule has 0 bridgehead atoms. The number of piperidine rings is 1. The van der Waals surface area contributed by atoms with Gasteiger partial charge in [-0.3, -0.25) is 9.97 Å². The summed E-state index contributed by atoms with van der Waals surface area (Å²) in [6.45, 7) is 7.38. The number of nitrogens with one attached hydrogen (secondary N) is 1. The summed E-state index contributed by atoms with van der Waals surface area (Å²) >= 11 is 0. The predicted molar refractivity (Wildman–Crippen MR) is 143 cm³/mol. The normalized spacial score (nSPS) is 24.3. The highest BCUT2D eigenvalue weighted by atomic mass is 16.5. The van der Waals surface area contributed by atoms with Gasteiger partial charge >= 0.3 is 0 Å². The number of anilines is 2. The van der Waals surface area contributed by atoms with E-state index >= 15 is 0 Å². The molecule has 37 heavy (non-hydrogen) atoms. The molecule has 9 heteroatoms. The van der Waals surface area contributed by atoms with Gasteiger partial charge in [-0.15, -0.1) is 0 Å². The minimum absolute atomic E-state index is 0.0346. The van der Waals surface area contributed by atoms with E-state index in [0.717, 1.165) is 41.1 Å². The third-order valence-corrected chi connectivity index (χ3v) is 7.24. The van der Waals surface area contributed by atoms with E-state index in [1.54, 1.807) is 6.20 Å². The molecule has 0 spiro atoms. The van der Waals surface area contributed by atoms with Gasteiger partial charge in [0.1, 0.15) is 6.07 Å². The average Bonchev–Trinajstić information content (AvgIpc) is 2.91. The van der Waals surface area contributed by atoms with Crippen LogP contribution in [0.1, 0.15) is 30.3 Å². The van der Waals surface area contributed by atoms with Gasteiger partial charge in [0.15, 0.2) is 0 Å². The number of aliphatic hydroxyl groups is 2. The molecular weight excluding hydrogens is 468 g/mol. The molecule has 1 aromatic carbocycles. The Bertz CT molecular complexity index is 1290. The van der Waals surface area contributed by atoms with E-state index in [9.17, 15) is 15.5 Å². The van der Waals surface area contributed by atoms with Crippen LogP contribution in [0, 0.1) is 18.3 Å². The number of aliphatic hydroxyl groups excluding tert-OH is 2. The second-order valence-electron chi connectivity index (χ2n) is 10.1. The number of morpholine rings is 1. The molecule has 0 saturated carbocycles. The van der Waals surface area contributed by atoms with Gasteiger partial charge in [-0.25, -0.2) is 0 Å². The summed E-state index contributed by atoms with van der Waals surface area (Å²) in [5.41, 5.74) is 4.89. The maximum Gasteiger partial charge on any atom is 0.101 e. The van der Waals surface area contributed by atoms with E-state index in [4.69, 9.17) is 4.74 Å². The zero-order valence-corrected chi connectivity index (χ0v) is 21.3. The van der Waals surface area contributed by atoms with Gasteiger partial charge in [0.25, 0.3) is 0 Å². The highest BCUT2D eigenvalue weighted by Crippen LogP contribution is 2.30. The quantitative estimate of drug-likeness (QED) is 0.466. The number of hydrogen-bond acceptors (Lipinski definition) is 9. The standard InChI is InChI=1S/C28H34N6O3/c1-18-10-22(11-21(17-35)32-18)33-9-7-27(36)25(16-33)31-13-23-15-34(14-19(2)37-23)26-6-5-20(12-29)28-24(26)4-3-8-30-28/h3-6,8,10-11,19,23,25,27,31,35-36H,7,9,13-17H2,1-2H3/t19-,23+,25?,27-/m1/s1. The van der Waals surface area contributed by atoms with Crippen molar-refractivity contribution < 1.29 is 14.9 Å². The molecule has 3 aromatic rings. The number of benzene rings is 1. The number of hydrogen-bond donors (Lipinski definition) is 3. The van der Waals surface area contributed by atoms with E-state index < -0.39 is 6.10 Å². The van der Waals surface area contributed by atoms with Gasteiger partial charge in [-0.05, 0) is 56.7 Å². The second kappa shape index (κ2) is 11.0. The number of fused-ring (bicyclic) bond motifs is 1. The van der Waals surface area contributed by atoms with Gasteiger partial charge in [-0.1, -0.05) is 0 Å². The minimum atomic E-state index is -0.442. The van der Waals surface area contributed by atoms with Crippen molar-refractivity contribution in [2.45, 2.75) is 51.2 Å². The van der Waals surface area contributed by atoms with Crippen molar-refractivity contribution in [2.75, 3.05) is 42.5 Å². The molecule has 0 radical (unpaired) electrons. The van der Waals surface area contributed by atoms with Crippen molar-refractivity contribution in [1.82, 2.24) is 15.3 Å². The van der Waals surface area contributed by atoms with Crippen LogP contribution in [0.2, 0.25) is 0 Å². The van der Waals surface area contributed by atoms with Crippen LogP contribution in [0.4, 0.5) is 11.4 Å².